The van der Waals surface area contributed by atoms with Crippen LogP contribution in [-0.4, -0.2) is 17.7 Å². The number of sulfonamides is 1. The van der Waals surface area contributed by atoms with Crippen molar-refractivity contribution in [3.8, 4) is 0 Å². The monoisotopic (exact) mass is 380 g/mol. The molecule has 0 amide bonds. The van der Waals surface area contributed by atoms with Gasteiger partial charge in [0.15, 0.2) is 0 Å². The maximum Gasteiger partial charge on any atom is 0.245 e. The fraction of sp³-hybridized carbons (Fsp3) is 0.118. The molecule has 3 aromatic rings. The summed E-state index contributed by atoms with van der Waals surface area (Å²) in [5.41, 5.74) is 0.525. The molecule has 8 heteroatoms. The van der Waals surface area contributed by atoms with E-state index in [1.807, 2.05) is 0 Å². The minimum absolute atomic E-state index is 0.000130. The van der Waals surface area contributed by atoms with Crippen molar-refractivity contribution < 1.29 is 17.2 Å². The van der Waals surface area contributed by atoms with Crippen LogP contribution in [0.1, 0.15) is 11.3 Å². The Bertz CT molecular complexity index is 944. The number of halogens is 2. The molecule has 0 aliphatic heterocycles. The lowest BCUT2D eigenvalue weighted by molar-refractivity contribution is 0.358. The van der Waals surface area contributed by atoms with Crippen LogP contribution >= 0.6 is 11.6 Å². The Morgan fingerprint density at radius 1 is 1.12 bits per heavy atom. The Morgan fingerprint density at radius 2 is 1.96 bits per heavy atom. The van der Waals surface area contributed by atoms with E-state index < -0.39 is 15.8 Å². The normalized spacial score (nSPS) is 11.8. The molecule has 0 unspecified atom stereocenters. The molecule has 0 saturated carbocycles. The molecular formula is C17H14ClFN2O3S. The topological polar surface area (TPSA) is 63.4 Å². The van der Waals surface area contributed by atoms with Crippen molar-refractivity contribution in [3.63, 3.8) is 0 Å². The van der Waals surface area contributed by atoms with Crippen LogP contribution < -0.4 is 0 Å². The SMILES string of the molecule is O=S(=O)(c1ccc(Cl)nc1)N(Cc1cccc(F)c1)Cc1ccco1. The highest BCUT2D eigenvalue weighted by Crippen LogP contribution is 2.22. The maximum atomic E-state index is 13.4. The van der Waals surface area contributed by atoms with Crippen molar-refractivity contribution >= 4 is 21.6 Å². The minimum atomic E-state index is -3.88. The molecule has 2 heterocycles. The number of rotatable bonds is 6. The van der Waals surface area contributed by atoms with Crippen LogP contribution in [0.4, 0.5) is 4.39 Å². The second-order valence-electron chi connectivity index (χ2n) is 5.30. The number of hydrogen-bond donors (Lipinski definition) is 0. The summed E-state index contributed by atoms with van der Waals surface area (Å²) < 4.78 is 45.8. The molecule has 5 nitrogen and oxygen atoms in total. The van der Waals surface area contributed by atoms with Crippen molar-refractivity contribution in [1.82, 2.24) is 9.29 Å². The minimum Gasteiger partial charge on any atom is -0.468 e. The first-order valence-electron chi connectivity index (χ1n) is 7.34. The standard InChI is InChI=1S/C17H14ClFN2O3S/c18-17-7-6-16(10-20-17)25(22,23)21(12-15-5-2-8-24-15)11-13-3-1-4-14(19)9-13/h1-10H,11-12H2. The third-order valence-corrected chi connectivity index (χ3v) is 5.50. The summed E-state index contributed by atoms with van der Waals surface area (Å²) in [6, 6.07) is 11.9. The summed E-state index contributed by atoms with van der Waals surface area (Å²) in [5.74, 6) is 0.0444. The van der Waals surface area contributed by atoms with Gasteiger partial charge < -0.3 is 4.42 Å². The van der Waals surface area contributed by atoms with E-state index in [4.69, 9.17) is 16.0 Å². The molecule has 3 rings (SSSR count). The van der Waals surface area contributed by atoms with Crippen molar-refractivity contribution in [2.75, 3.05) is 0 Å². The summed E-state index contributed by atoms with van der Waals surface area (Å²) in [6.45, 7) is -0.00209. The maximum absolute atomic E-state index is 13.4. The molecule has 0 bridgehead atoms. The van der Waals surface area contributed by atoms with E-state index in [-0.39, 0.29) is 23.1 Å². The summed E-state index contributed by atoms with van der Waals surface area (Å²) in [4.78, 5) is 3.82. The van der Waals surface area contributed by atoms with Crippen LogP contribution in [0.25, 0.3) is 0 Å². The van der Waals surface area contributed by atoms with Gasteiger partial charge in [0.25, 0.3) is 0 Å². The molecule has 0 N–H and O–H groups in total. The first-order chi connectivity index (χ1) is 11.9. The first-order valence-corrected chi connectivity index (χ1v) is 9.15. The zero-order chi connectivity index (χ0) is 17.9. The number of benzene rings is 1. The van der Waals surface area contributed by atoms with Crippen molar-refractivity contribution in [3.05, 3.63) is 83.3 Å². The zero-order valence-electron chi connectivity index (χ0n) is 13.0. The molecule has 25 heavy (non-hydrogen) atoms. The van der Waals surface area contributed by atoms with Crippen LogP contribution in [0, 0.1) is 5.82 Å². The molecule has 0 saturated heterocycles. The average molecular weight is 381 g/mol. The molecule has 0 radical (unpaired) electrons. The molecule has 0 aliphatic rings. The number of aromatic nitrogens is 1. The van der Waals surface area contributed by atoms with E-state index in [0.717, 1.165) is 0 Å². The number of hydrogen-bond acceptors (Lipinski definition) is 4. The van der Waals surface area contributed by atoms with Crippen molar-refractivity contribution in [2.45, 2.75) is 18.0 Å². The average Bonchev–Trinajstić information content (AvgIpc) is 3.08. The summed E-state index contributed by atoms with van der Waals surface area (Å²) in [5, 5.41) is 0.196. The summed E-state index contributed by atoms with van der Waals surface area (Å²) in [6.07, 6.45) is 2.66. The Balaban J connectivity index is 1.96. The molecule has 2 aromatic heterocycles. The predicted molar refractivity (Wildman–Crippen MR) is 90.8 cm³/mol. The van der Waals surface area contributed by atoms with Gasteiger partial charge in [-0.25, -0.2) is 17.8 Å². The largest absolute Gasteiger partial charge is 0.468 e. The first kappa shape index (κ1) is 17.6. The lowest BCUT2D eigenvalue weighted by atomic mass is 10.2. The van der Waals surface area contributed by atoms with Crippen LogP contribution in [0.2, 0.25) is 5.15 Å². The molecule has 0 aliphatic carbocycles. The third kappa shape index (κ3) is 4.25. The van der Waals surface area contributed by atoms with Crippen molar-refractivity contribution in [1.29, 1.82) is 0 Å². The van der Waals surface area contributed by atoms with E-state index >= 15 is 0 Å². The van der Waals surface area contributed by atoms with Gasteiger partial charge in [0.1, 0.15) is 21.6 Å². The third-order valence-electron chi connectivity index (χ3n) is 3.50. The number of pyridine rings is 1. The van der Waals surface area contributed by atoms with Gasteiger partial charge in [-0.15, -0.1) is 0 Å². The lowest BCUT2D eigenvalue weighted by Crippen LogP contribution is -2.30. The van der Waals surface area contributed by atoms with Gasteiger partial charge in [0.2, 0.25) is 10.0 Å². The van der Waals surface area contributed by atoms with E-state index in [0.29, 0.717) is 11.3 Å². The fourth-order valence-electron chi connectivity index (χ4n) is 2.31. The highest BCUT2D eigenvalue weighted by atomic mass is 35.5. The molecule has 0 fully saturated rings. The molecule has 0 atom stereocenters. The predicted octanol–water partition coefficient (Wildman–Crippen LogP) is 3.86. The van der Waals surface area contributed by atoms with Gasteiger partial charge in [0.05, 0.1) is 12.8 Å². The number of furan rings is 1. The van der Waals surface area contributed by atoms with Gasteiger partial charge in [-0.3, -0.25) is 0 Å². The lowest BCUT2D eigenvalue weighted by Gasteiger charge is -2.21. The molecule has 0 spiro atoms. The fourth-order valence-corrected chi connectivity index (χ4v) is 3.76. The molecule has 130 valence electrons. The van der Waals surface area contributed by atoms with Crippen molar-refractivity contribution in [2.24, 2.45) is 0 Å². The van der Waals surface area contributed by atoms with E-state index in [1.54, 1.807) is 18.2 Å². The second-order valence-corrected chi connectivity index (χ2v) is 7.62. The highest BCUT2D eigenvalue weighted by molar-refractivity contribution is 7.89. The highest BCUT2D eigenvalue weighted by Gasteiger charge is 2.26. The summed E-state index contributed by atoms with van der Waals surface area (Å²) in [7, 11) is -3.88. The Kier molecular flexibility index (Phi) is 5.17. The Labute approximate surface area is 149 Å². The van der Waals surface area contributed by atoms with Gasteiger partial charge in [-0.1, -0.05) is 23.7 Å². The quantitative estimate of drug-likeness (QED) is 0.609. The van der Waals surface area contributed by atoms with Crippen LogP contribution in [0.5, 0.6) is 0 Å². The van der Waals surface area contributed by atoms with Gasteiger partial charge in [0, 0.05) is 12.7 Å². The van der Waals surface area contributed by atoms with Gasteiger partial charge in [-0.2, -0.15) is 4.31 Å². The van der Waals surface area contributed by atoms with Crippen LogP contribution in [-0.2, 0) is 23.1 Å². The van der Waals surface area contributed by atoms with Crippen LogP contribution in [0.15, 0.2) is 70.3 Å². The zero-order valence-corrected chi connectivity index (χ0v) is 14.5. The van der Waals surface area contributed by atoms with Gasteiger partial charge in [-0.05, 0) is 42.0 Å². The van der Waals surface area contributed by atoms with E-state index in [2.05, 4.69) is 4.98 Å². The molecular weight excluding hydrogens is 367 g/mol. The Morgan fingerprint density at radius 3 is 2.60 bits per heavy atom. The van der Waals surface area contributed by atoms with Gasteiger partial charge >= 0.3 is 0 Å². The second kappa shape index (κ2) is 7.35. The Hall–Kier alpha value is -2.22. The summed E-state index contributed by atoms with van der Waals surface area (Å²) >= 11 is 5.73. The molecule has 1 aromatic carbocycles. The van der Waals surface area contributed by atoms with E-state index in [9.17, 15) is 12.8 Å². The smallest absolute Gasteiger partial charge is 0.245 e. The van der Waals surface area contributed by atoms with E-state index in [1.165, 1.54) is 47.1 Å². The number of nitrogens with zero attached hydrogens (tertiary/aromatic N) is 2. The van der Waals surface area contributed by atoms with Crippen LogP contribution in [0.3, 0.4) is 0 Å².